The van der Waals surface area contributed by atoms with Crippen LogP contribution in [-0.4, -0.2) is 33.8 Å². The van der Waals surface area contributed by atoms with E-state index in [9.17, 15) is 8.42 Å². The summed E-state index contributed by atoms with van der Waals surface area (Å²) in [7, 11) is -3.01. The van der Waals surface area contributed by atoms with E-state index < -0.39 is 10.0 Å². The van der Waals surface area contributed by atoms with E-state index in [0.717, 1.165) is 25.9 Å². The van der Waals surface area contributed by atoms with Crippen LogP contribution < -0.4 is 10.0 Å². The molecule has 0 aliphatic carbocycles. The minimum atomic E-state index is -3.01. The summed E-state index contributed by atoms with van der Waals surface area (Å²) in [4.78, 5) is 0. The molecular formula is C9H20N2O2S. The van der Waals surface area contributed by atoms with E-state index in [2.05, 4.69) is 10.0 Å². The monoisotopic (exact) mass is 220 g/mol. The number of hydrogen-bond acceptors (Lipinski definition) is 3. The van der Waals surface area contributed by atoms with Crippen molar-refractivity contribution in [1.82, 2.24) is 10.0 Å². The van der Waals surface area contributed by atoms with Gasteiger partial charge in [-0.25, -0.2) is 13.1 Å². The molecule has 1 heterocycles. The molecule has 1 aliphatic rings. The van der Waals surface area contributed by atoms with Crippen molar-refractivity contribution in [3.8, 4) is 0 Å². The Hall–Kier alpha value is -0.130. The molecule has 0 radical (unpaired) electrons. The average molecular weight is 220 g/mol. The van der Waals surface area contributed by atoms with Gasteiger partial charge in [0.05, 0.1) is 5.75 Å². The predicted octanol–water partition coefficient (Wildman–Crippen LogP) is 0.315. The van der Waals surface area contributed by atoms with Gasteiger partial charge in [0, 0.05) is 6.54 Å². The van der Waals surface area contributed by atoms with Crippen molar-refractivity contribution >= 4 is 10.0 Å². The topological polar surface area (TPSA) is 58.2 Å². The third-order valence-electron chi connectivity index (χ3n) is 2.56. The molecule has 1 rings (SSSR count). The van der Waals surface area contributed by atoms with Crippen molar-refractivity contribution in [2.24, 2.45) is 5.92 Å². The summed E-state index contributed by atoms with van der Waals surface area (Å²) in [6, 6.07) is 0. The lowest BCUT2D eigenvalue weighted by atomic mass is 9.97. The first-order chi connectivity index (χ1) is 6.64. The van der Waals surface area contributed by atoms with Gasteiger partial charge < -0.3 is 5.32 Å². The second-order valence-electron chi connectivity index (χ2n) is 3.82. The quantitative estimate of drug-likeness (QED) is 0.701. The molecule has 1 aliphatic heterocycles. The Bertz CT molecular complexity index is 246. The molecule has 0 aromatic heterocycles. The first kappa shape index (κ1) is 11.9. The summed E-state index contributed by atoms with van der Waals surface area (Å²) in [5.74, 6) is 0.810. The van der Waals surface area contributed by atoms with E-state index in [-0.39, 0.29) is 5.75 Å². The van der Waals surface area contributed by atoms with Crippen LogP contribution >= 0.6 is 0 Å². The lowest BCUT2D eigenvalue weighted by Gasteiger charge is -2.22. The van der Waals surface area contributed by atoms with Crippen molar-refractivity contribution in [1.29, 1.82) is 0 Å². The standard InChI is InChI=1S/C9H20N2O2S/c1-2-11-14(12,13)7-5-9-4-3-6-10-8-9/h9-11H,2-8H2,1H3. The first-order valence-electron chi connectivity index (χ1n) is 5.32. The fourth-order valence-corrected chi connectivity index (χ4v) is 3.01. The third-order valence-corrected chi connectivity index (χ3v) is 4.06. The normalized spacial score (nSPS) is 23.6. The molecule has 1 atom stereocenters. The van der Waals surface area contributed by atoms with Crippen molar-refractivity contribution in [2.45, 2.75) is 26.2 Å². The van der Waals surface area contributed by atoms with E-state index in [1.54, 1.807) is 6.92 Å². The summed E-state index contributed by atoms with van der Waals surface area (Å²) in [5.41, 5.74) is 0. The maximum absolute atomic E-state index is 11.3. The van der Waals surface area contributed by atoms with Crippen molar-refractivity contribution in [2.75, 3.05) is 25.4 Å². The van der Waals surface area contributed by atoms with E-state index in [1.165, 1.54) is 6.42 Å². The summed E-state index contributed by atoms with van der Waals surface area (Å²) in [6.07, 6.45) is 3.11. The summed E-state index contributed by atoms with van der Waals surface area (Å²) in [6.45, 7) is 4.35. The Kier molecular flexibility index (Phi) is 4.84. The average Bonchev–Trinajstić information content (AvgIpc) is 2.17. The van der Waals surface area contributed by atoms with Crippen LogP contribution in [0.25, 0.3) is 0 Å². The van der Waals surface area contributed by atoms with E-state index in [1.807, 2.05) is 0 Å². The molecule has 0 aromatic carbocycles. The molecule has 0 bridgehead atoms. The molecule has 84 valence electrons. The van der Waals surface area contributed by atoms with Crippen molar-refractivity contribution in [3.05, 3.63) is 0 Å². The van der Waals surface area contributed by atoms with Crippen LogP contribution in [0.5, 0.6) is 0 Å². The molecule has 4 nitrogen and oxygen atoms in total. The maximum atomic E-state index is 11.3. The lowest BCUT2D eigenvalue weighted by Crippen LogP contribution is -2.33. The first-order valence-corrected chi connectivity index (χ1v) is 6.97. The van der Waals surface area contributed by atoms with Crippen molar-refractivity contribution in [3.63, 3.8) is 0 Å². The third kappa shape index (κ3) is 4.39. The molecule has 1 fully saturated rings. The zero-order valence-corrected chi connectivity index (χ0v) is 9.57. The van der Waals surface area contributed by atoms with Gasteiger partial charge >= 0.3 is 0 Å². The second kappa shape index (κ2) is 5.68. The second-order valence-corrected chi connectivity index (χ2v) is 5.74. The maximum Gasteiger partial charge on any atom is 0.211 e. The Balaban J connectivity index is 2.24. The van der Waals surface area contributed by atoms with Gasteiger partial charge in [-0.05, 0) is 38.3 Å². The number of piperidine rings is 1. The predicted molar refractivity (Wildman–Crippen MR) is 57.7 cm³/mol. The van der Waals surface area contributed by atoms with Gasteiger partial charge in [0.25, 0.3) is 0 Å². The lowest BCUT2D eigenvalue weighted by molar-refractivity contribution is 0.368. The van der Waals surface area contributed by atoms with Crippen molar-refractivity contribution < 1.29 is 8.42 Å². The van der Waals surface area contributed by atoms with Gasteiger partial charge in [-0.2, -0.15) is 0 Å². The highest BCUT2D eigenvalue weighted by atomic mass is 32.2. The minimum Gasteiger partial charge on any atom is -0.316 e. The molecule has 2 N–H and O–H groups in total. The SMILES string of the molecule is CCNS(=O)(=O)CCC1CCCNC1. The molecule has 0 aromatic rings. The zero-order chi connectivity index (χ0) is 10.4. The van der Waals surface area contributed by atoms with Crippen LogP contribution in [0, 0.1) is 5.92 Å². The fourth-order valence-electron chi connectivity index (χ4n) is 1.78. The Morgan fingerprint density at radius 1 is 1.50 bits per heavy atom. The Morgan fingerprint density at radius 2 is 2.29 bits per heavy atom. The summed E-state index contributed by atoms with van der Waals surface area (Å²) in [5, 5.41) is 3.29. The highest BCUT2D eigenvalue weighted by Crippen LogP contribution is 2.14. The molecule has 1 saturated heterocycles. The summed E-state index contributed by atoms with van der Waals surface area (Å²) < 4.78 is 25.2. The highest BCUT2D eigenvalue weighted by Gasteiger charge is 2.16. The number of rotatable bonds is 5. The van der Waals surface area contributed by atoms with Crippen LogP contribution in [0.2, 0.25) is 0 Å². The highest BCUT2D eigenvalue weighted by molar-refractivity contribution is 7.89. The van der Waals surface area contributed by atoms with Crippen LogP contribution in [0.3, 0.4) is 0 Å². The Morgan fingerprint density at radius 3 is 2.86 bits per heavy atom. The van der Waals surface area contributed by atoms with E-state index >= 15 is 0 Å². The fraction of sp³-hybridized carbons (Fsp3) is 1.00. The van der Waals surface area contributed by atoms with Crippen LogP contribution in [-0.2, 0) is 10.0 Å². The van der Waals surface area contributed by atoms with Gasteiger partial charge in [-0.15, -0.1) is 0 Å². The number of nitrogens with one attached hydrogen (secondary N) is 2. The smallest absolute Gasteiger partial charge is 0.211 e. The van der Waals surface area contributed by atoms with Gasteiger partial charge in [0.15, 0.2) is 0 Å². The van der Waals surface area contributed by atoms with E-state index in [4.69, 9.17) is 0 Å². The van der Waals surface area contributed by atoms with Gasteiger partial charge in [-0.3, -0.25) is 0 Å². The van der Waals surface area contributed by atoms with Crippen LogP contribution in [0.1, 0.15) is 26.2 Å². The largest absolute Gasteiger partial charge is 0.316 e. The zero-order valence-electron chi connectivity index (χ0n) is 8.75. The molecule has 5 heteroatoms. The number of sulfonamides is 1. The summed E-state index contributed by atoms with van der Waals surface area (Å²) >= 11 is 0. The molecule has 14 heavy (non-hydrogen) atoms. The number of hydrogen-bond donors (Lipinski definition) is 2. The van der Waals surface area contributed by atoms with Gasteiger partial charge in [-0.1, -0.05) is 6.92 Å². The van der Waals surface area contributed by atoms with Gasteiger partial charge in [0.2, 0.25) is 10.0 Å². The van der Waals surface area contributed by atoms with E-state index in [0.29, 0.717) is 12.5 Å². The van der Waals surface area contributed by atoms with Gasteiger partial charge in [0.1, 0.15) is 0 Å². The molecule has 1 unspecified atom stereocenters. The Labute approximate surface area is 86.5 Å². The molecular weight excluding hydrogens is 200 g/mol. The molecule has 0 spiro atoms. The minimum absolute atomic E-state index is 0.271. The molecule has 0 saturated carbocycles. The van der Waals surface area contributed by atoms with Crippen LogP contribution in [0.4, 0.5) is 0 Å². The molecule has 0 amide bonds. The van der Waals surface area contributed by atoms with Crippen LogP contribution in [0.15, 0.2) is 0 Å².